The minimum atomic E-state index is -0.341. The number of hydrogen-bond acceptors (Lipinski definition) is 4. The molecule has 0 spiro atoms. The number of amides is 1. The zero-order valence-corrected chi connectivity index (χ0v) is 14.9. The third-order valence-electron chi connectivity index (χ3n) is 5.56. The lowest BCUT2D eigenvalue weighted by Crippen LogP contribution is -2.46. The van der Waals surface area contributed by atoms with Crippen LogP contribution in [-0.2, 0) is 4.79 Å². The Bertz CT molecular complexity index is 633. The molecule has 1 aliphatic carbocycles. The van der Waals surface area contributed by atoms with Crippen molar-refractivity contribution in [2.75, 3.05) is 18.0 Å². The number of carbonyl (C=O) groups excluding carboxylic acids is 1. The molecule has 1 aromatic carbocycles. The van der Waals surface area contributed by atoms with E-state index in [1.165, 1.54) is 19.3 Å². The van der Waals surface area contributed by atoms with E-state index in [0.717, 1.165) is 44.5 Å². The van der Waals surface area contributed by atoms with Gasteiger partial charge in [0.2, 0.25) is 5.91 Å². The molecular weight excluding hydrogens is 318 g/mol. The van der Waals surface area contributed by atoms with E-state index in [2.05, 4.69) is 10.2 Å². The van der Waals surface area contributed by atoms with E-state index in [1.54, 1.807) is 13.0 Å². The summed E-state index contributed by atoms with van der Waals surface area (Å²) < 4.78 is 0. The van der Waals surface area contributed by atoms with Gasteiger partial charge in [0, 0.05) is 42.4 Å². The zero-order valence-electron chi connectivity index (χ0n) is 14.9. The number of rotatable bonds is 4. The maximum Gasteiger partial charge on any atom is 0.272 e. The highest BCUT2D eigenvalue weighted by molar-refractivity contribution is 5.79. The number of nitrogens with one attached hydrogen (secondary N) is 1. The Kier molecular flexibility index (Phi) is 5.56. The molecule has 0 unspecified atom stereocenters. The van der Waals surface area contributed by atoms with Crippen molar-refractivity contribution in [3.05, 3.63) is 33.9 Å². The second-order valence-electron chi connectivity index (χ2n) is 7.33. The quantitative estimate of drug-likeness (QED) is 0.668. The Morgan fingerprint density at radius 2 is 1.84 bits per heavy atom. The maximum absolute atomic E-state index is 12.4. The first kappa shape index (κ1) is 17.7. The summed E-state index contributed by atoms with van der Waals surface area (Å²) in [7, 11) is 0. The number of anilines is 1. The topological polar surface area (TPSA) is 75.5 Å². The van der Waals surface area contributed by atoms with Crippen molar-refractivity contribution in [2.24, 2.45) is 5.92 Å². The molecule has 136 valence electrons. The van der Waals surface area contributed by atoms with Crippen LogP contribution in [0.3, 0.4) is 0 Å². The van der Waals surface area contributed by atoms with E-state index < -0.39 is 0 Å². The van der Waals surface area contributed by atoms with E-state index in [9.17, 15) is 14.9 Å². The number of hydrogen-bond donors (Lipinski definition) is 1. The van der Waals surface area contributed by atoms with Crippen molar-refractivity contribution in [1.82, 2.24) is 5.32 Å². The molecule has 0 bridgehead atoms. The fourth-order valence-corrected chi connectivity index (χ4v) is 4.01. The molecule has 1 saturated carbocycles. The smallest absolute Gasteiger partial charge is 0.272 e. The lowest BCUT2D eigenvalue weighted by molar-refractivity contribution is -0.385. The summed E-state index contributed by atoms with van der Waals surface area (Å²) in [6.45, 7) is 3.51. The van der Waals surface area contributed by atoms with Gasteiger partial charge in [-0.1, -0.05) is 19.3 Å². The largest absolute Gasteiger partial charge is 0.371 e. The van der Waals surface area contributed by atoms with E-state index in [4.69, 9.17) is 0 Å². The van der Waals surface area contributed by atoms with Crippen LogP contribution >= 0.6 is 0 Å². The highest BCUT2D eigenvalue weighted by Gasteiger charge is 2.26. The van der Waals surface area contributed by atoms with Crippen LogP contribution in [0.25, 0.3) is 0 Å². The SMILES string of the molecule is Cc1cc(N2CCC(NC(=O)C3CCCCC3)CC2)ccc1[N+](=O)[O-]. The van der Waals surface area contributed by atoms with Crippen LogP contribution in [0.5, 0.6) is 0 Å². The Morgan fingerprint density at radius 1 is 1.16 bits per heavy atom. The number of benzene rings is 1. The van der Waals surface area contributed by atoms with Crippen LogP contribution in [0.4, 0.5) is 11.4 Å². The van der Waals surface area contributed by atoms with Crippen LogP contribution in [0.1, 0.15) is 50.5 Å². The summed E-state index contributed by atoms with van der Waals surface area (Å²) in [5, 5.41) is 14.2. The van der Waals surface area contributed by atoms with Gasteiger partial charge in [-0.15, -0.1) is 0 Å². The van der Waals surface area contributed by atoms with Crippen LogP contribution in [0, 0.1) is 23.0 Å². The highest BCUT2D eigenvalue weighted by Crippen LogP contribution is 2.27. The molecule has 1 N–H and O–H groups in total. The van der Waals surface area contributed by atoms with Crippen molar-refractivity contribution in [3.8, 4) is 0 Å². The second-order valence-corrected chi connectivity index (χ2v) is 7.33. The Morgan fingerprint density at radius 3 is 2.44 bits per heavy atom. The van der Waals surface area contributed by atoms with E-state index in [1.807, 2.05) is 12.1 Å². The first-order valence-corrected chi connectivity index (χ1v) is 9.35. The second kappa shape index (κ2) is 7.85. The van der Waals surface area contributed by atoms with Crippen LogP contribution < -0.4 is 10.2 Å². The monoisotopic (exact) mass is 345 g/mol. The summed E-state index contributed by atoms with van der Waals surface area (Å²) in [6, 6.07) is 5.55. The summed E-state index contributed by atoms with van der Waals surface area (Å²) >= 11 is 0. The van der Waals surface area contributed by atoms with Gasteiger partial charge in [-0.3, -0.25) is 14.9 Å². The molecule has 3 rings (SSSR count). The molecule has 1 aliphatic heterocycles. The summed E-state index contributed by atoms with van der Waals surface area (Å²) in [5.41, 5.74) is 1.88. The Labute approximate surface area is 148 Å². The molecule has 6 heteroatoms. The first-order valence-electron chi connectivity index (χ1n) is 9.35. The van der Waals surface area contributed by atoms with E-state index >= 15 is 0 Å². The summed E-state index contributed by atoms with van der Waals surface area (Å²) in [5.74, 6) is 0.452. The highest BCUT2D eigenvalue weighted by atomic mass is 16.6. The van der Waals surface area contributed by atoms with Gasteiger partial charge in [-0.05, 0) is 44.7 Å². The van der Waals surface area contributed by atoms with Gasteiger partial charge in [-0.25, -0.2) is 0 Å². The average molecular weight is 345 g/mol. The van der Waals surface area contributed by atoms with Gasteiger partial charge in [0.05, 0.1) is 4.92 Å². The van der Waals surface area contributed by atoms with Crippen LogP contribution in [0.2, 0.25) is 0 Å². The first-order chi connectivity index (χ1) is 12.0. The van der Waals surface area contributed by atoms with Gasteiger partial charge in [0.25, 0.3) is 5.69 Å². The van der Waals surface area contributed by atoms with Gasteiger partial charge < -0.3 is 10.2 Å². The van der Waals surface area contributed by atoms with Crippen molar-refractivity contribution >= 4 is 17.3 Å². The number of nitro groups is 1. The number of piperidine rings is 1. The predicted octanol–water partition coefficient (Wildman–Crippen LogP) is 3.57. The number of nitro benzene ring substituents is 1. The lowest BCUT2D eigenvalue weighted by atomic mass is 9.88. The van der Waals surface area contributed by atoms with Gasteiger partial charge in [0.1, 0.15) is 0 Å². The van der Waals surface area contributed by atoms with Crippen molar-refractivity contribution < 1.29 is 9.72 Å². The molecule has 1 aromatic rings. The molecule has 1 heterocycles. The molecule has 0 aromatic heterocycles. The number of nitrogens with zero attached hydrogens (tertiary/aromatic N) is 2. The van der Waals surface area contributed by atoms with Crippen LogP contribution in [0.15, 0.2) is 18.2 Å². The third kappa shape index (κ3) is 4.30. The molecule has 0 radical (unpaired) electrons. The van der Waals surface area contributed by atoms with Crippen molar-refractivity contribution in [3.63, 3.8) is 0 Å². The molecule has 2 fully saturated rings. The van der Waals surface area contributed by atoms with Crippen molar-refractivity contribution in [1.29, 1.82) is 0 Å². The zero-order chi connectivity index (χ0) is 17.8. The molecular formula is C19H27N3O3. The van der Waals surface area contributed by atoms with Crippen molar-refractivity contribution in [2.45, 2.75) is 57.9 Å². The molecule has 1 saturated heterocycles. The molecule has 1 amide bonds. The van der Waals surface area contributed by atoms with Gasteiger partial charge >= 0.3 is 0 Å². The minimum absolute atomic E-state index is 0.165. The van der Waals surface area contributed by atoms with Gasteiger partial charge in [0.15, 0.2) is 0 Å². The maximum atomic E-state index is 12.4. The standard InChI is InChI=1S/C19H27N3O3/c1-14-13-17(7-8-18(14)22(24)25)21-11-9-16(10-12-21)20-19(23)15-5-3-2-4-6-15/h7-8,13,15-16H,2-6,9-12H2,1H3,(H,20,23). The number of carbonyl (C=O) groups is 1. The van der Waals surface area contributed by atoms with E-state index in [-0.39, 0.29) is 28.5 Å². The minimum Gasteiger partial charge on any atom is -0.371 e. The third-order valence-corrected chi connectivity index (χ3v) is 5.56. The average Bonchev–Trinajstić information content (AvgIpc) is 2.62. The van der Waals surface area contributed by atoms with E-state index in [0.29, 0.717) is 5.56 Å². The predicted molar refractivity (Wildman–Crippen MR) is 97.8 cm³/mol. The Hall–Kier alpha value is -2.11. The summed E-state index contributed by atoms with van der Waals surface area (Å²) in [6.07, 6.45) is 7.53. The molecule has 25 heavy (non-hydrogen) atoms. The molecule has 6 nitrogen and oxygen atoms in total. The Balaban J connectivity index is 1.52. The lowest BCUT2D eigenvalue weighted by Gasteiger charge is -2.35. The van der Waals surface area contributed by atoms with Crippen LogP contribution in [-0.4, -0.2) is 30.0 Å². The number of aryl methyl sites for hydroxylation is 1. The summed E-state index contributed by atoms with van der Waals surface area (Å²) in [4.78, 5) is 25.2. The fraction of sp³-hybridized carbons (Fsp3) is 0.632. The fourth-order valence-electron chi connectivity index (χ4n) is 4.01. The normalized spacial score (nSPS) is 19.6. The van der Waals surface area contributed by atoms with Gasteiger partial charge in [-0.2, -0.15) is 0 Å². The molecule has 0 atom stereocenters. The molecule has 2 aliphatic rings.